The Morgan fingerprint density at radius 1 is 0.909 bits per heavy atom. The van der Waals surface area contributed by atoms with Gasteiger partial charge in [-0.2, -0.15) is 0 Å². The minimum Gasteiger partial charge on any atom is -0.539 e. The fraction of sp³-hybridized carbons (Fsp3) is 0.867. The van der Waals surface area contributed by atoms with E-state index in [-0.39, 0.29) is 0 Å². The van der Waals surface area contributed by atoms with Gasteiger partial charge in [-0.05, 0) is 39.2 Å². The zero-order chi connectivity index (χ0) is 17.4. The lowest BCUT2D eigenvalue weighted by Gasteiger charge is -2.31. The lowest BCUT2D eigenvalue weighted by atomic mass is 10.9. The van der Waals surface area contributed by atoms with Gasteiger partial charge in [0.2, 0.25) is 8.32 Å². The van der Waals surface area contributed by atoms with Crippen molar-refractivity contribution in [1.29, 1.82) is 0 Å². The Balaban J connectivity index is 5.95. The molecule has 0 saturated carbocycles. The molecule has 0 atom stereocenters. The number of rotatable bonds is 11. The van der Waals surface area contributed by atoms with Gasteiger partial charge >= 0.3 is 7.60 Å². The van der Waals surface area contributed by atoms with Gasteiger partial charge < -0.3 is 13.5 Å². The summed E-state index contributed by atoms with van der Waals surface area (Å²) in [4.78, 5) is 0. The second kappa shape index (κ2) is 9.43. The van der Waals surface area contributed by atoms with Crippen LogP contribution >= 0.6 is 7.60 Å². The molecule has 4 nitrogen and oxygen atoms in total. The van der Waals surface area contributed by atoms with E-state index in [9.17, 15) is 4.57 Å². The summed E-state index contributed by atoms with van der Waals surface area (Å²) in [6, 6.07) is 3.32. The van der Waals surface area contributed by atoms with E-state index in [0.29, 0.717) is 18.7 Å². The third-order valence-electron chi connectivity index (χ3n) is 3.82. The van der Waals surface area contributed by atoms with Crippen LogP contribution in [0.5, 0.6) is 0 Å². The highest BCUT2D eigenvalue weighted by molar-refractivity contribution is 7.58. The highest BCUT2D eigenvalue weighted by Crippen LogP contribution is 2.57. The predicted molar refractivity (Wildman–Crippen MR) is 101 cm³/mol. The summed E-state index contributed by atoms with van der Waals surface area (Å²) in [5, 5.41) is 0. The van der Waals surface area contributed by atoms with Crippen LogP contribution in [-0.4, -0.2) is 29.6 Å². The van der Waals surface area contributed by atoms with Gasteiger partial charge in [-0.15, -0.1) is 0 Å². The largest absolute Gasteiger partial charge is 0.539 e. The minimum absolute atomic E-state index is 0.350. The summed E-state index contributed by atoms with van der Waals surface area (Å²) in [6.45, 7) is 17.3. The van der Waals surface area contributed by atoms with E-state index in [0.717, 1.165) is 18.1 Å². The topological polar surface area (TPSA) is 44.8 Å². The van der Waals surface area contributed by atoms with Crippen LogP contribution in [-0.2, 0) is 18.0 Å². The second-order valence-electron chi connectivity index (χ2n) is 6.45. The Morgan fingerprint density at radius 3 is 1.59 bits per heavy atom. The maximum Gasteiger partial charge on any atom is 0.393 e. The Kier molecular flexibility index (Phi) is 9.48. The molecule has 0 saturated heterocycles. The summed E-state index contributed by atoms with van der Waals surface area (Å²) in [5.74, 6) is 0. The average molecular weight is 367 g/mol. The van der Waals surface area contributed by atoms with Gasteiger partial charge in [0.15, 0.2) is 5.50 Å². The first kappa shape index (κ1) is 22.1. The molecule has 0 aliphatic heterocycles. The summed E-state index contributed by atoms with van der Waals surface area (Å²) in [5.41, 5.74) is 2.64. The smallest absolute Gasteiger partial charge is 0.393 e. The highest BCUT2D eigenvalue weighted by atomic mass is 31.2. The van der Waals surface area contributed by atoms with Crippen molar-refractivity contribution in [3.05, 3.63) is 11.2 Å². The lowest BCUT2D eigenvalue weighted by molar-refractivity contribution is 0.213. The normalized spacial score (nSPS) is 14.3. The Hall–Kier alpha value is 0.124. The molecule has 0 fully saturated rings. The molecule has 0 N–H and O–H groups in total. The molecule has 0 rings (SSSR count). The van der Waals surface area contributed by atoms with E-state index in [2.05, 4.69) is 46.1 Å². The lowest BCUT2D eigenvalue weighted by Crippen LogP contribution is -2.32. The molecule has 0 aromatic heterocycles. The van der Waals surface area contributed by atoms with Crippen LogP contribution in [0.3, 0.4) is 0 Å². The quantitative estimate of drug-likeness (QED) is 0.256. The van der Waals surface area contributed by atoms with Crippen LogP contribution in [0.25, 0.3) is 0 Å². The van der Waals surface area contributed by atoms with Crippen LogP contribution in [0.4, 0.5) is 0 Å². The van der Waals surface area contributed by atoms with Gasteiger partial charge in [-0.25, -0.2) is 0 Å². The molecular weight excluding hydrogens is 331 g/mol. The SMILES string of the molecule is CCOP(=O)(OCC)C(=C[Si](CC)(CC)CC)O[Si](C)(C)C. The summed E-state index contributed by atoms with van der Waals surface area (Å²) < 4.78 is 30.5. The molecule has 0 aromatic rings. The maximum absolute atomic E-state index is 13.2. The van der Waals surface area contributed by atoms with E-state index >= 15 is 0 Å². The van der Waals surface area contributed by atoms with Crippen molar-refractivity contribution in [2.75, 3.05) is 13.2 Å². The molecule has 0 aliphatic rings. The molecule has 0 radical (unpaired) electrons. The fourth-order valence-electron chi connectivity index (χ4n) is 2.30. The molecule has 7 heteroatoms. The summed E-state index contributed by atoms with van der Waals surface area (Å²) >= 11 is 0. The van der Waals surface area contributed by atoms with E-state index < -0.39 is 24.0 Å². The molecule has 0 aromatic carbocycles. The van der Waals surface area contributed by atoms with Crippen LogP contribution in [0.15, 0.2) is 11.2 Å². The molecule has 22 heavy (non-hydrogen) atoms. The first-order chi connectivity index (χ1) is 10.1. The van der Waals surface area contributed by atoms with Crippen molar-refractivity contribution in [3.63, 3.8) is 0 Å². The van der Waals surface area contributed by atoms with Crippen molar-refractivity contribution in [3.8, 4) is 0 Å². The van der Waals surface area contributed by atoms with Gasteiger partial charge in [0.1, 0.15) is 0 Å². The molecule has 0 amide bonds. The molecule has 0 unspecified atom stereocenters. The van der Waals surface area contributed by atoms with Crippen molar-refractivity contribution < 1.29 is 18.0 Å². The van der Waals surface area contributed by atoms with Crippen molar-refractivity contribution in [2.45, 2.75) is 72.4 Å². The van der Waals surface area contributed by atoms with E-state index in [4.69, 9.17) is 13.5 Å². The van der Waals surface area contributed by atoms with Crippen LogP contribution in [0, 0.1) is 0 Å². The van der Waals surface area contributed by atoms with Crippen LogP contribution in [0.2, 0.25) is 37.8 Å². The predicted octanol–water partition coefficient (Wildman–Crippen LogP) is 5.99. The van der Waals surface area contributed by atoms with Crippen molar-refractivity contribution >= 4 is 24.0 Å². The molecular formula is C15H35O4PSi2. The first-order valence-corrected chi connectivity index (χ1v) is 16.1. The Labute approximate surface area is 139 Å². The van der Waals surface area contributed by atoms with E-state index in [1.54, 1.807) is 0 Å². The second-order valence-corrected chi connectivity index (χ2v) is 18.0. The van der Waals surface area contributed by atoms with Crippen molar-refractivity contribution in [2.24, 2.45) is 0 Å². The van der Waals surface area contributed by atoms with Crippen LogP contribution < -0.4 is 0 Å². The first-order valence-electron chi connectivity index (χ1n) is 8.43. The van der Waals surface area contributed by atoms with Gasteiger partial charge in [0.25, 0.3) is 0 Å². The molecule has 0 aliphatic carbocycles. The Morgan fingerprint density at radius 2 is 1.32 bits per heavy atom. The molecule has 0 spiro atoms. The molecule has 0 bridgehead atoms. The Bertz CT molecular complexity index is 383. The average Bonchev–Trinajstić information content (AvgIpc) is 2.43. The third kappa shape index (κ3) is 6.71. The molecule has 132 valence electrons. The zero-order valence-electron chi connectivity index (χ0n) is 15.7. The fourth-order valence-corrected chi connectivity index (χ4v) is 9.53. The van der Waals surface area contributed by atoms with Gasteiger partial charge in [0, 0.05) is 0 Å². The number of hydrogen-bond donors (Lipinski definition) is 0. The minimum atomic E-state index is -3.35. The monoisotopic (exact) mass is 366 g/mol. The summed E-state index contributed by atoms with van der Waals surface area (Å²) in [7, 11) is -6.90. The zero-order valence-corrected chi connectivity index (χ0v) is 18.6. The highest BCUT2D eigenvalue weighted by Gasteiger charge is 2.38. The third-order valence-corrected chi connectivity index (χ3v) is 12.1. The number of hydrogen-bond acceptors (Lipinski definition) is 4. The maximum atomic E-state index is 13.2. The van der Waals surface area contributed by atoms with Crippen molar-refractivity contribution in [1.82, 2.24) is 0 Å². The van der Waals surface area contributed by atoms with E-state index in [1.807, 2.05) is 13.8 Å². The standard InChI is InChI=1S/C15H35O4PSi2/c1-9-17-20(16,18-10-2)15(19-21(6,7)8)14-22(11-3,12-4)13-5/h14H,9-13H2,1-8H3. The summed E-state index contributed by atoms with van der Waals surface area (Å²) in [6.07, 6.45) is 0. The van der Waals surface area contributed by atoms with Gasteiger partial charge in [-0.1, -0.05) is 38.9 Å². The van der Waals surface area contributed by atoms with Gasteiger partial charge in [0.05, 0.1) is 21.3 Å². The van der Waals surface area contributed by atoms with E-state index in [1.165, 1.54) is 0 Å². The molecule has 0 heterocycles. The van der Waals surface area contributed by atoms with Gasteiger partial charge in [-0.3, -0.25) is 4.57 Å². The van der Waals surface area contributed by atoms with Crippen LogP contribution in [0.1, 0.15) is 34.6 Å².